The fraction of sp³-hybridized carbons (Fsp3) is 0.444. The molecule has 0 bridgehead atoms. The first kappa shape index (κ1) is 36.4. The Bertz CT molecular complexity index is 2060. The number of carbonyl (C=O) groups is 3. The molecule has 3 amide bonds. The molecule has 11 heteroatoms. The standard InChI is InChI=1S/C45H50N6O5/c52-40-9-5-4-8-38(40)39-24-34(25-46-48-39)50-22-20-45(21-23-50,33-6-2-1-3-7-33)43(55)51-29-44(30-51)27-49(28-44)26-31-10-14-35(15-11-31)56-36-16-12-32(13-17-36)37-18-19-41(53)47-42(37)54/h1-9,12-13,16-17,24-25,31,35,37,52H,10-11,14-15,18-23,26-30H2,(H,47,53,54)/t31?,35?,37-/m0/s1. The Balaban J connectivity index is 0.751. The number of aromatic nitrogens is 2. The van der Waals surface area contributed by atoms with Crippen LogP contribution in [0.1, 0.15) is 68.4 Å². The molecule has 5 heterocycles. The molecule has 4 aliphatic heterocycles. The predicted octanol–water partition coefficient (Wildman–Crippen LogP) is 5.69. The summed E-state index contributed by atoms with van der Waals surface area (Å²) in [6.45, 7) is 6.36. The number of hydrogen-bond acceptors (Lipinski definition) is 9. The molecular formula is C45H50N6O5. The summed E-state index contributed by atoms with van der Waals surface area (Å²) < 4.78 is 6.35. The molecule has 5 aliphatic rings. The molecule has 1 saturated carbocycles. The zero-order valence-corrected chi connectivity index (χ0v) is 31.8. The highest BCUT2D eigenvalue weighted by molar-refractivity contribution is 6.01. The van der Waals surface area contributed by atoms with Crippen molar-refractivity contribution in [2.75, 3.05) is 50.7 Å². The number of likely N-dealkylation sites (tertiary alicyclic amines) is 2. The van der Waals surface area contributed by atoms with Crippen molar-refractivity contribution in [3.63, 3.8) is 0 Å². The third kappa shape index (κ3) is 7.13. The number of hydrogen-bond donors (Lipinski definition) is 2. The van der Waals surface area contributed by atoms with Crippen LogP contribution in [0, 0.1) is 11.3 Å². The van der Waals surface area contributed by atoms with E-state index >= 15 is 0 Å². The number of anilines is 1. The number of phenolic OH excluding ortho intramolecular Hbond substituents is 1. The van der Waals surface area contributed by atoms with Gasteiger partial charge in [-0.05, 0) is 92.3 Å². The van der Waals surface area contributed by atoms with Crippen LogP contribution in [-0.2, 0) is 19.8 Å². The number of nitrogens with one attached hydrogen (secondary N) is 1. The molecule has 1 aliphatic carbocycles. The highest BCUT2D eigenvalue weighted by atomic mass is 16.5. The van der Waals surface area contributed by atoms with E-state index in [0.29, 0.717) is 30.0 Å². The second kappa shape index (κ2) is 15.0. The molecule has 11 nitrogen and oxygen atoms in total. The molecule has 9 rings (SSSR count). The van der Waals surface area contributed by atoms with Gasteiger partial charge >= 0.3 is 0 Å². The number of phenols is 1. The third-order valence-corrected chi connectivity index (χ3v) is 13.1. The molecular weight excluding hydrogens is 705 g/mol. The summed E-state index contributed by atoms with van der Waals surface area (Å²) in [5.74, 6) is 1.26. The quantitative estimate of drug-likeness (QED) is 0.207. The monoisotopic (exact) mass is 754 g/mol. The molecule has 4 aromatic rings. The van der Waals surface area contributed by atoms with Crippen molar-refractivity contribution < 1.29 is 24.2 Å². The number of rotatable bonds is 9. The second-order valence-corrected chi connectivity index (χ2v) is 16.9. The van der Waals surface area contributed by atoms with Crippen molar-refractivity contribution in [1.29, 1.82) is 0 Å². The minimum Gasteiger partial charge on any atom is -0.507 e. The van der Waals surface area contributed by atoms with Crippen molar-refractivity contribution in [2.24, 2.45) is 11.3 Å². The highest BCUT2D eigenvalue weighted by Gasteiger charge is 2.56. The van der Waals surface area contributed by atoms with E-state index in [-0.39, 0.29) is 40.9 Å². The average Bonchev–Trinajstić information content (AvgIpc) is 3.20. The van der Waals surface area contributed by atoms with Gasteiger partial charge in [-0.3, -0.25) is 19.7 Å². The van der Waals surface area contributed by atoms with Gasteiger partial charge < -0.3 is 24.5 Å². The SMILES string of the molecule is O=C1CC[C@@H](c2ccc(OC3CCC(CN4CC5(C4)CN(C(=O)C4(c6ccccc6)CCN(c6cnnc(-c7ccccc7O)c6)CC4)C5)CC3)cc2)C(=O)N1. The van der Waals surface area contributed by atoms with Gasteiger partial charge in [-0.1, -0.05) is 54.6 Å². The van der Waals surface area contributed by atoms with Gasteiger partial charge in [0.1, 0.15) is 11.5 Å². The first-order chi connectivity index (χ1) is 27.3. The topological polar surface area (TPSA) is 128 Å². The lowest BCUT2D eigenvalue weighted by Gasteiger charge is -2.62. The van der Waals surface area contributed by atoms with Crippen LogP contribution in [0.3, 0.4) is 0 Å². The zero-order valence-electron chi connectivity index (χ0n) is 31.8. The lowest BCUT2D eigenvalue weighted by Crippen LogP contribution is -2.74. The van der Waals surface area contributed by atoms with Crippen molar-refractivity contribution in [3.05, 3.63) is 102 Å². The maximum atomic E-state index is 14.5. The van der Waals surface area contributed by atoms with E-state index < -0.39 is 5.41 Å². The maximum Gasteiger partial charge on any atom is 0.234 e. The number of imide groups is 1. The van der Waals surface area contributed by atoms with Crippen LogP contribution in [-0.4, -0.2) is 94.7 Å². The third-order valence-electron chi connectivity index (χ3n) is 13.1. The number of nitrogens with zero attached hydrogens (tertiary/aromatic N) is 5. The molecule has 1 spiro atoms. The Morgan fingerprint density at radius 1 is 0.857 bits per heavy atom. The number of ether oxygens (including phenoxy) is 1. The molecule has 0 radical (unpaired) electrons. The second-order valence-electron chi connectivity index (χ2n) is 16.9. The number of carbonyl (C=O) groups excluding carboxylic acids is 3. The van der Waals surface area contributed by atoms with Crippen LogP contribution in [0.4, 0.5) is 5.69 Å². The fourth-order valence-corrected chi connectivity index (χ4v) is 10.1. The van der Waals surface area contributed by atoms with Crippen LogP contribution >= 0.6 is 0 Å². The van der Waals surface area contributed by atoms with Crippen LogP contribution in [0.25, 0.3) is 11.3 Å². The number of aromatic hydroxyl groups is 1. The molecule has 1 aromatic heterocycles. The van der Waals surface area contributed by atoms with Crippen molar-refractivity contribution in [3.8, 4) is 22.8 Å². The van der Waals surface area contributed by atoms with Crippen LogP contribution in [0.2, 0.25) is 0 Å². The minimum atomic E-state index is -0.555. The van der Waals surface area contributed by atoms with E-state index in [1.54, 1.807) is 18.3 Å². The summed E-state index contributed by atoms with van der Waals surface area (Å²) in [6, 6.07) is 27.3. The number of para-hydroxylation sites is 1. The number of benzene rings is 3. The van der Waals surface area contributed by atoms with Crippen molar-refractivity contribution in [1.82, 2.24) is 25.3 Å². The predicted molar refractivity (Wildman–Crippen MR) is 212 cm³/mol. The smallest absolute Gasteiger partial charge is 0.234 e. The van der Waals surface area contributed by atoms with Crippen molar-refractivity contribution in [2.45, 2.75) is 68.8 Å². The Labute approximate surface area is 328 Å². The fourth-order valence-electron chi connectivity index (χ4n) is 10.1. The summed E-state index contributed by atoms with van der Waals surface area (Å²) in [4.78, 5) is 45.3. The summed E-state index contributed by atoms with van der Waals surface area (Å²) in [7, 11) is 0. The molecule has 0 unspecified atom stereocenters. The first-order valence-electron chi connectivity index (χ1n) is 20.3. The van der Waals surface area contributed by atoms with E-state index in [9.17, 15) is 19.5 Å². The minimum absolute atomic E-state index is 0.177. The Morgan fingerprint density at radius 2 is 1.57 bits per heavy atom. The van der Waals surface area contributed by atoms with Crippen molar-refractivity contribution >= 4 is 23.4 Å². The number of piperidine rings is 2. The Morgan fingerprint density at radius 3 is 2.29 bits per heavy atom. The van der Waals surface area contributed by atoms with E-state index in [1.165, 1.54) is 0 Å². The largest absolute Gasteiger partial charge is 0.507 e. The van der Waals surface area contributed by atoms with Gasteiger partial charge in [-0.15, -0.1) is 0 Å². The van der Waals surface area contributed by atoms with E-state index in [2.05, 4.69) is 42.3 Å². The lowest BCUT2D eigenvalue weighted by atomic mass is 9.67. The average molecular weight is 755 g/mol. The number of amides is 3. The Hall–Kier alpha value is -5.29. The summed E-state index contributed by atoms with van der Waals surface area (Å²) in [6.07, 6.45) is 8.72. The molecule has 4 saturated heterocycles. The molecule has 1 atom stereocenters. The van der Waals surface area contributed by atoms with E-state index in [1.807, 2.05) is 60.7 Å². The van der Waals surface area contributed by atoms with Crippen LogP contribution < -0.4 is 15.0 Å². The van der Waals surface area contributed by atoms with Gasteiger partial charge in [-0.2, -0.15) is 10.2 Å². The lowest BCUT2D eigenvalue weighted by molar-refractivity contribution is -0.167. The molecule has 5 fully saturated rings. The Kier molecular flexibility index (Phi) is 9.73. The van der Waals surface area contributed by atoms with E-state index in [4.69, 9.17) is 4.74 Å². The molecule has 3 aromatic carbocycles. The van der Waals surface area contributed by atoms with Crippen LogP contribution in [0.15, 0.2) is 91.1 Å². The summed E-state index contributed by atoms with van der Waals surface area (Å²) >= 11 is 0. The van der Waals surface area contributed by atoms with Gasteiger partial charge in [0.15, 0.2) is 0 Å². The maximum absolute atomic E-state index is 14.5. The van der Waals surface area contributed by atoms with Gasteiger partial charge in [0.25, 0.3) is 0 Å². The summed E-state index contributed by atoms with van der Waals surface area (Å²) in [5, 5.41) is 21.4. The molecule has 56 heavy (non-hydrogen) atoms. The molecule has 290 valence electrons. The van der Waals surface area contributed by atoms with Gasteiger partial charge in [0.2, 0.25) is 17.7 Å². The van der Waals surface area contributed by atoms with Gasteiger partial charge in [-0.25, -0.2) is 0 Å². The summed E-state index contributed by atoms with van der Waals surface area (Å²) in [5.41, 5.74) is 3.93. The van der Waals surface area contributed by atoms with Crippen LogP contribution in [0.5, 0.6) is 11.5 Å². The van der Waals surface area contributed by atoms with E-state index in [0.717, 1.165) is 107 Å². The molecule has 2 N–H and O–H groups in total. The van der Waals surface area contributed by atoms with Gasteiger partial charge in [0, 0.05) is 63.2 Å². The highest BCUT2D eigenvalue weighted by Crippen LogP contribution is 2.46. The first-order valence-corrected chi connectivity index (χ1v) is 20.3. The normalized spacial score (nSPS) is 24.5. The zero-order chi connectivity index (χ0) is 38.3. The van der Waals surface area contributed by atoms with Gasteiger partial charge in [0.05, 0.1) is 35.0 Å².